The molecule has 2 aromatic carbocycles. The molecule has 6 nitrogen and oxygen atoms in total. The highest BCUT2D eigenvalue weighted by atomic mass is 32.2. The van der Waals surface area contributed by atoms with E-state index in [0.717, 1.165) is 10.6 Å². The molecule has 3 rings (SSSR count). The van der Waals surface area contributed by atoms with Crippen molar-refractivity contribution in [2.75, 3.05) is 37.4 Å². The van der Waals surface area contributed by atoms with Gasteiger partial charge in [0.15, 0.2) is 5.78 Å². The van der Waals surface area contributed by atoms with Gasteiger partial charge in [-0.25, -0.2) is 4.39 Å². The summed E-state index contributed by atoms with van der Waals surface area (Å²) in [4.78, 5) is 29.2. The zero-order valence-corrected chi connectivity index (χ0v) is 16.8. The van der Waals surface area contributed by atoms with Crippen molar-refractivity contribution in [1.29, 1.82) is 5.26 Å². The van der Waals surface area contributed by atoms with Gasteiger partial charge < -0.3 is 10.2 Å². The van der Waals surface area contributed by atoms with Crippen LogP contribution in [0.25, 0.3) is 0 Å². The Bertz CT molecular complexity index is 1030. The average Bonchev–Trinajstić information content (AvgIpc) is 2.99. The maximum Gasteiger partial charge on any atom is 0.238 e. The summed E-state index contributed by atoms with van der Waals surface area (Å²) in [7, 11) is 3.43. The van der Waals surface area contributed by atoms with E-state index in [4.69, 9.17) is 0 Å². The molecular formula is C21H19FN4O2S. The van der Waals surface area contributed by atoms with Crippen molar-refractivity contribution in [3.8, 4) is 6.07 Å². The topological polar surface area (TPSA) is 76.4 Å². The maximum atomic E-state index is 13.2. The summed E-state index contributed by atoms with van der Waals surface area (Å²) in [5.74, 6) is -1.19. The van der Waals surface area contributed by atoms with Gasteiger partial charge >= 0.3 is 0 Å². The van der Waals surface area contributed by atoms with E-state index in [1.54, 1.807) is 13.1 Å². The van der Waals surface area contributed by atoms with Crippen LogP contribution in [0, 0.1) is 17.1 Å². The Morgan fingerprint density at radius 2 is 1.97 bits per heavy atom. The summed E-state index contributed by atoms with van der Waals surface area (Å²) < 4.78 is 13.2. The first-order valence-corrected chi connectivity index (χ1v) is 9.63. The Kier molecular flexibility index (Phi) is 6.32. The number of nitrogens with one attached hydrogen (secondary N) is 1. The molecule has 1 N–H and O–H groups in total. The van der Waals surface area contributed by atoms with Gasteiger partial charge in [-0.05, 0) is 37.4 Å². The molecule has 0 aromatic heterocycles. The Morgan fingerprint density at radius 1 is 1.21 bits per heavy atom. The number of fused-ring (bicyclic) bond motifs is 1. The molecular weight excluding hydrogens is 391 g/mol. The molecule has 1 aliphatic heterocycles. The third-order valence-corrected chi connectivity index (χ3v) is 5.51. The molecule has 0 bridgehead atoms. The SMILES string of the molecule is CN(CC(=O)Nc1cccc(F)c1)CC(=O)/C(C#N)=C1\Sc2ccccc2N1C. The van der Waals surface area contributed by atoms with Crippen LogP contribution >= 0.6 is 11.8 Å². The molecule has 29 heavy (non-hydrogen) atoms. The molecule has 8 heteroatoms. The largest absolute Gasteiger partial charge is 0.337 e. The van der Waals surface area contributed by atoms with Crippen LogP contribution in [0.4, 0.5) is 15.8 Å². The fourth-order valence-corrected chi connectivity index (χ4v) is 4.10. The Labute approximate surface area is 172 Å². The molecule has 0 saturated heterocycles. The van der Waals surface area contributed by atoms with E-state index in [1.165, 1.54) is 34.9 Å². The molecule has 0 spiro atoms. The van der Waals surface area contributed by atoms with Crippen molar-refractivity contribution >= 4 is 34.8 Å². The van der Waals surface area contributed by atoms with Crippen LogP contribution < -0.4 is 10.2 Å². The Hall–Kier alpha value is -3.15. The number of thioether (sulfide) groups is 1. The third kappa shape index (κ3) is 4.83. The van der Waals surface area contributed by atoms with E-state index in [2.05, 4.69) is 5.32 Å². The minimum absolute atomic E-state index is 0.0612. The predicted molar refractivity (Wildman–Crippen MR) is 111 cm³/mol. The van der Waals surface area contributed by atoms with Crippen LogP contribution in [-0.4, -0.2) is 43.8 Å². The molecule has 0 radical (unpaired) electrons. The molecule has 148 valence electrons. The predicted octanol–water partition coefficient (Wildman–Crippen LogP) is 3.24. The van der Waals surface area contributed by atoms with Crippen LogP contribution in [0.1, 0.15) is 0 Å². The van der Waals surface area contributed by atoms with Crippen molar-refractivity contribution in [3.05, 3.63) is 65.0 Å². The van der Waals surface area contributed by atoms with Crippen LogP contribution in [0.5, 0.6) is 0 Å². The lowest BCUT2D eigenvalue weighted by Crippen LogP contribution is -2.34. The number of hydrogen-bond donors (Lipinski definition) is 1. The minimum atomic E-state index is -0.448. The lowest BCUT2D eigenvalue weighted by molar-refractivity contribution is -0.119. The number of amides is 1. The summed E-state index contributed by atoms with van der Waals surface area (Å²) in [6, 6.07) is 15.3. The first-order chi connectivity index (χ1) is 13.9. The molecule has 0 atom stereocenters. The molecule has 1 aliphatic rings. The number of nitrogens with zero attached hydrogens (tertiary/aromatic N) is 3. The molecule has 0 aliphatic carbocycles. The number of halogens is 1. The van der Waals surface area contributed by atoms with Gasteiger partial charge in [0.25, 0.3) is 0 Å². The fourth-order valence-electron chi connectivity index (χ4n) is 2.94. The normalized spacial score (nSPS) is 14.4. The number of carbonyl (C=O) groups excluding carboxylic acids is 2. The molecule has 1 heterocycles. The Morgan fingerprint density at radius 3 is 2.66 bits per heavy atom. The quantitative estimate of drug-likeness (QED) is 0.582. The second-order valence-electron chi connectivity index (χ2n) is 6.57. The second-order valence-corrected chi connectivity index (χ2v) is 7.61. The van der Waals surface area contributed by atoms with Gasteiger partial charge in [0.05, 0.1) is 18.8 Å². The van der Waals surface area contributed by atoms with Crippen molar-refractivity contribution in [2.45, 2.75) is 4.90 Å². The molecule has 0 unspecified atom stereocenters. The average molecular weight is 410 g/mol. The summed E-state index contributed by atoms with van der Waals surface area (Å²) in [5.41, 5.74) is 1.35. The number of carbonyl (C=O) groups is 2. The molecule has 1 amide bonds. The summed E-state index contributed by atoms with van der Waals surface area (Å²) in [5, 5.41) is 12.7. The van der Waals surface area contributed by atoms with Gasteiger partial charge in [0.1, 0.15) is 22.5 Å². The minimum Gasteiger partial charge on any atom is -0.337 e. The van der Waals surface area contributed by atoms with Gasteiger partial charge in [-0.15, -0.1) is 0 Å². The lowest BCUT2D eigenvalue weighted by Gasteiger charge is -2.18. The summed E-state index contributed by atoms with van der Waals surface area (Å²) in [6.45, 7) is -0.160. The van der Waals surface area contributed by atoms with Gasteiger partial charge in [0, 0.05) is 17.6 Å². The number of rotatable bonds is 6. The number of ketones is 1. The number of Topliss-reactive ketones (excluding diaryl/α,β-unsaturated/α-hetero) is 1. The van der Waals surface area contributed by atoms with E-state index in [0.29, 0.717) is 10.7 Å². The summed E-state index contributed by atoms with van der Waals surface area (Å²) >= 11 is 1.38. The third-order valence-electron chi connectivity index (χ3n) is 4.28. The van der Waals surface area contributed by atoms with Crippen LogP contribution in [0.15, 0.2) is 64.0 Å². The van der Waals surface area contributed by atoms with Crippen molar-refractivity contribution in [1.82, 2.24) is 4.90 Å². The monoisotopic (exact) mass is 410 g/mol. The van der Waals surface area contributed by atoms with E-state index >= 15 is 0 Å². The first kappa shape index (κ1) is 20.6. The standard InChI is InChI=1S/C21H19FN4O2S/c1-25(13-20(28)24-15-7-5-6-14(22)10-15)12-18(27)16(11-23)21-26(2)17-8-3-4-9-19(17)29-21/h3-10H,12-13H2,1-2H3,(H,24,28)/b21-16-. The Balaban J connectivity index is 1.64. The van der Waals surface area contributed by atoms with E-state index in [9.17, 15) is 19.2 Å². The molecule has 2 aromatic rings. The highest BCUT2D eigenvalue weighted by Gasteiger charge is 2.28. The van der Waals surface area contributed by atoms with Gasteiger partial charge in [0.2, 0.25) is 5.91 Å². The number of hydrogen-bond acceptors (Lipinski definition) is 6. The second kappa shape index (κ2) is 8.90. The lowest BCUT2D eigenvalue weighted by atomic mass is 10.2. The molecule has 0 saturated carbocycles. The zero-order valence-electron chi connectivity index (χ0n) is 16.0. The van der Waals surface area contributed by atoms with Gasteiger partial charge in [-0.2, -0.15) is 5.26 Å². The number of nitriles is 1. The number of para-hydroxylation sites is 1. The van der Waals surface area contributed by atoms with Crippen molar-refractivity contribution < 1.29 is 14.0 Å². The number of likely N-dealkylation sites (N-methyl/N-ethyl adjacent to an activating group) is 1. The number of benzene rings is 2. The zero-order chi connectivity index (χ0) is 21.0. The smallest absolute Gasteiger partial charge is 0.238 e. The van der Waals surface area contributed by atoms with Crippen molar-refractivity contribution in [2.24, 2.45) is 0 Å². The fraction of sp³-hybridized carbons (Fsp3) is 0.190. The van der Waals surface area contributed by atoms with E-state index in [1.807, 2.05) is 42.3 Å². The highest BCUT2D eigenvalue weighted by molar-refractivity contribution is 8.03. The maximum absolute atomic E-state index is 13.2. The number of anilines is 2. The summed E-state index contributed by atoms with van der Waals surface area (Å²) in [6.07, 6.45) is 0. The van der Waals surface area contributed by atoms with Gasteiger partial charge in [-0.1, -0.05) is 30.0 Å². The highest BCUT2D eigenvalue weighted by Crippen LogP contribution is 2.46. The van der Waals surface area contributed by atoms with E-state index < -0.39 is 5.82 Å². The van der Waals surface area contributed by atoms with E-state index in [-0.39, 0.29) is 30.4 Å². The van der Waals surface area contributed by atoms with Crippen LogP contribution in [0.3, 0.4) is 0 Å². The first-order valence-electron chi connectivity index (χ1n) is 8.81. The molecule has 0 fully saturated rings. The van der Waals surface area contributed by atoms with Crippen LogP contribution in [0.2, 0.25) is 0 Å². The van der Waals surface area contributed by atoms with Gasteiger partial charge in [-0.3, -0.25) is 14.5 Å². The van der Waals surface area contributed by atoms with Crippen molar-refractivity contribution in [3.63, 3.8) is 0 Å². The van der Waals surface area contributed by atoms with Crippen LogP contribution in [-0.2, 0) is 9.59 Å².